The van der Waals surface area contributed by atoms with Gasteiger partial charge in [-0.1, -0.05) is 25.1 Å². The minimum atomic E-state index is -0.0140. The molecule has 18 heavy (non-hydrogen) atoms. The Kier molecular flexibility index (Phi) is 3.36. The molecular formula is C14H18N2O2. The molecule has 0 bridgehead atoms. The Labute approximate surface area is 107 Å². The lowest BCUT2D eigenvalue weighted by Crippen LogP contribution is -2.52. The number of piperazine rings is 1. The van der Waals surface area contributed by atoms with E-state index in [0.717, 1.165) is 23.2 Å². The van der Waals surface area contributed by atoms with Gasteiger partial charge in [-0.15, -0.1) is 0 Å². The Balaban J connectivity index is 2.42. The van der Waals surface area contributed by atoms with Crippen LogP contribution in [0.25, 0.3) is 0 Å². The van der Waals surface area contributed by atoms with Crippen molar-refractivity contribution in [2.24, 2.45) is 0 Å². The van der Waals surface area contributed by atoms with Crippen molar-refractivity contribution in [3.63, 3.8) is 0 Å². The second kappa shape index (κ2) is 4.80. The Morgan fingerprint density at radius 3 is 2.56 bits per heavy atom. The molecule has 2 amide bonds. The van der Waals surface area contributed by atoms with Crippen LogP contribution in [0.4, 0.5) is 5.69 Å². The molecule has 0 radical (unpaired) electrons. The van der Waals surface area contributed by atoms with Crippen LogP contribution in [0.5, 0.6) is 0 Å². The lowest BCUT2D eigenvalue weighted by Gasteiger charge is -2.33. The first-order chi connectivity index (χ1) is 8.54. The summed E-state index contributed by atoms with van der Waals surface area (Å²) in [5.41, 5.74) is 3.06. The van der Waals surface area contributed by atoms with Crippen molar-refractivity contribution in [1.82, 2.24) is 4.90 Å². The predicted octanol–water partition coefficient (Wildman–Crippen LogP) is 1.36. The first kappa shape index (κ1) is 12.6. The van der Waals surface area contributed by atoms with Gasteiger partial charge in [0.1, 0.15) is 6.54 Å². The second-order valence-corrected chi connectivity index (χ2v) is 4.67. The molecule has 0 saturated carbocycles. The average Bonchev–Trinajstić information content (AvgIpc) is 2.34. The molecule has 2 rings (SSSR count). The molecule has 96 valence electrons. The number of aryl methyl sites for hydroxylation is 2. The van der Waals surface area contributed by atoms with E-state index in [-0.39, 0.29) is 24.9 Å². The van der Waals surface area contributed by atoms with Gasteiger partial charge in [0.2, 0.25) is 11.8 Å². The molecule has 0 spiro atoms. The zero-order valence-corrected chi connectivity index (χ0v) is 11.1. The first-order valence-electron chi connectivity index (χ1n) is 6.17. The molecule has 1 fully saturated rings. The monoisotopic (exact) mass is 246 g/mol. The van der Waals surface area contributed by atoms with Crippen LogP contribution in [0.1, 0.15) is 18.1 Å². The lowest BCUT2D eigenvalue weighted by molar-refractivity contribution is -0.136. The number of likely N-dealkylation sites (N-methyl/N-ethyl adjacent to an activating group) is 1. The Morgan fingerprint density at radius 1 is 1.17 bits per heavy atom. The Hall–Kier alpha value is -1.84. The van der Waals surface area contributed by atoms with Crippen molar-refractivity contribution < 1.29 is 9.59 Å². The van der Waals surface area contributed by atoms with E-state index in [1.165, 1.54) is 4.90 Å². The molecule has 4 heteroatoms. The maximum Gasteiger partial charge on any atom is 0.247 e. The van der Waals surface area contributed by atoms with Gasteiger partial charge in [0, 0.05) is 7.05 Å². The van der Waals surface area contributed by atoms with Crippen LogP contribution in [0.3, 0.4) is 0 Å². The highest BCUT2D eigenvalue weighted by atomic mass is 16.2. The highest BCUT2D eigenvalue weighted by Crippen LogP contribution is 2.27. The van der Waals surface area contributed by atoms with Crippen molar-refractivity contribution in [2.75, 3.05) is 25.0 Å². The highest BCUT2D eigenvalue weighted by Gasteiger charge is 2.30. The van der Waals surface area contributed by atoms with Gasteiger partial charge in [0.05, 0.1) is 12.2 Å². The fourth-order valence-electron chi connectivity index (χ4n) is 2.32. The summed E-state index contributed by atoms with van der Waals surface area (Å²) in [6.07, 6.45) is 0.852. The summed E-state index contributed by atoms with van der Waals surface area (Å²) in [7, 11) is 1.66. The van der Waals surface area contributed by atoms with Crippen molar-refractivity contribution in [1.29, 1.82) is 0 Å². The molecule has 0 unspecified atom stereocenters. The molecule has 4 nitrogen and oxygen atoms in total. The zero-order valence-electron chi connectivity index (χ0n) is 11.1. The average molecular weight is 246 g/mol. The molecule has 1 aliphatic heterocycles. The molecule has 0 N–H and O–H groups in total. The second-order valence-electron chi connectivity index (χ2n) is 4.67. The van der Waals surface area contributed by atoms with Gasteiger partial charge >= 0.3 is 0 Å². The number of nitrogens with zero attached hydrogens (tertiary/aromatic N) is 2. The Bertz CT molecular complexity index is 497. The summed E-state index contributed by atoms with van der Waals surface area (Å²) < 4.78 is 0. The number of anilines is 1. The number of para-hydroxylation sites is 1. The van der Waals surface area contributed by atoms with Gasteiger partial charge in [-0.3, -0.25) is 9.59 Å². The number of rotatable bonds is 2. The van der Waals surface area contributed by atoms with E-state index < -0.39 is 0 Å². The minimum absolute atomic E-state index is 0.0129. The van der Waals surface area contributed by atoms with E-state index in [0.29, 0.717) is 0 Å². The molecular weight excluding hydrogens is 228 g/mol. The number of benzene rings is 1. The lowest BCUT2D eigenvalue weighted by atomic mass is 10.0. The smallest absolute Gasteiger partial charge is 0.247 e. The normalized spacial score (nSPS) is 16.4. The van der Waals surface area contributed by atoms with Gasteiger partial charge in [-0.05, 0) is 24.5 Å². The number of carbonyl (C=O) groups is 2. The van der Waals surface area contributed by atoms with E-state index in [9.17, 15) is 9.59 Å². The summed E-state index contributed by atoms with van der Waals surface area (Å²) in [4.78, 5) is 27.0. The zero-order chi connectivity index (χ0) is 13.3. The molecule has 1 aliphatic rings. The molecule has 0 atom stereocenters. The van der Waals surface area contributed by atoms with Crippen LogP contribution in [-0.4, -0.2) is 36.9 Å². The van der Waals surface area contributed by atoms with Crippen molar-refractivity contribution >= 4 is 17.5 Å². The van der Waals surface area contributed by atoms with Crippen molar-refractivity contribution in [2.45, 2.75) is 20.3 Å². The van der Waals surface area contributed by atoms with Crippen LogP contribution < -0.4 is 4.90 Å². The summed E-state index contributed by atoms with van der Waals surface area (Å²) in [5.74, 6) is -0.0268. The van der Waals surface area contributed by atoms with Crippen molar-refractivity contribution in [3.8, 4) is 0 Å². The SMILES string of the molecule is CCc1cccc(C)c1N1CC(=O)N(C)CC1=O. The summed E-state index contributed by atoms with van der Waals surface area (Å²) in [6.45, 7) is 4.34. The van der Waals surface area contributed by atoms with E-state index in [2.05, 4.69) is 6.92 Å². The largest absolute Gasteiger partial charge is 0.335 e. The third kappa shape index (κ3) is 2.10. The molecule has 0 aromatic heterocycles. The molecule has 1 aromatic rings. The van der Waals surface area contributed by atoms with Gasteiger partial charge < -0.3 is 9.80 Å². The first-order valence-corrected chi connectivity index (χ1v) is 6.17. The number of hydrogen-bond donors (Lipinski definition) is 0. The van der Waals surface area contributed by atoms with E-state index >= 15 is 0 Å². The minimum Gasteiger partial charge on any atom is -0.335 e. The van der Waals surface area contributed by atoms with Crippen LogP contribution in [-0.2, 0) is 16.0 Å². The van der Waals surface area contributed by atoms with Gasteiger partial charge in [-0.2, -0.15) is 0 Å². The van der Waals surface area contributed by atoms with E-state index in [1.54, 1.807) is 11.9 Å². The standard InChI is InChI=1S/C14H18N2O2/c1-4-11-7-5-6-10(2)14(11)16-9-12(17)15(3)8-13(16)18/h5-7H,4,8-9H2,1-3H3. The quantitative estimate of drug-likeness (QED) is 0.790. The summed E-state index contributed by atoms with van der Waals surface area (Å²) in [5, 5.41) is 0. The van der Waals surface area contributed by atoms with Crippen LogP contribution in [0, 0.1) is 6.92 Å². The van der Waals surface area contributed by atoms with E-state index in [1.807, 2.05) is 25.1 Å². The third-order valence-electron chi connectivity index (χ3n) is 3.36. The maximum absolute atomic E-state index is 12.1. The van der Waals surface area contributed by atoms with Gasteiger partial charge in [0.25, 0.3) is 0 Å². The molecule has 1 heterocycles. The van der Waals surface area contributed by atoms with Gasteiger partial charge in [-0.25, -0.2) is 0 Å². The third-order valence-corrected chi connectivity index (χ3v) is 3.36. The molecule has 1 saturated heterocycles. The van der Waals surface area contributed by atoms with Crippen LogP contribution >= 0.6 is 0 Å². The van der Waals surface area contributed by atoms with Crippen LogP contribution in [0.15, 0.2) is 18.2 Å². The fraction of sp³-hybridized carbons (Fsp3) is 0.429. The molecule has 0 aliphatic carbocycles. The number of carbonyl (C=O) groups excluding carboxylic acids is 2. The fourth-order valence-corrected chi connectivity index (χ4v) is 2.32. The maximum atomic E-state index is 12.1. The number of hydrogen-bond acceptors (Lipinski definition) is 2. The topological polar surface area (TPSA) is 40.6 Å². The Morgan fingerprint density at radius 2 is 1.89 bits per heavy atom. The van der Waals surface area contributed by atoms with Crippen LogP contribution in [0.2, 0.25) is 0 Å². The van der Waals surface area contributed by atoms with Crippen molar-refractivity contribution in [3.05, 3.63) is 29.3 Å². The van der Waals surface area contributed by atoms with Gasteiger partial charge in [0.15, 0.2) is 0 Å². The highest BCUT2D eigenvalue weighted by molar-refractivity contribution is 6.05. The summed E-state index contributed by atoms with van der Waals surface area (Å²) in [6, 6.07) is 5.98. The summed E-state index contributed by atoms with van der Waals surface area (Å²) >= 11 is 0. The molecule has 1 aromatic carbocycles. The predicted molar refractivity (Wildman–Crippen MR) is 70.5 cm³/mol. The van der Waals surface area contributed by atoms with E-state index in [4.69, 9.17) is 0 Å². The number of amides is 2.